The van der Waals surface area contributed by atoms with E-state index in [0.717, 1.165) is 11.3 Å². The standard InChI is InChI=1S/C23H21Cl2N3O3S/c1-2-9-28(23-26-19(14-32-23)16-5-6-17(24)18(25)13-16)21(29)15-7-10-27(11-8-15)22(30)20-4-3-12-31-20/h2-6,12-15H,1,7-11H2. The number of hydrogen-bond acceptors (Lipinski definition) is 5. The van der Waals surface area contributed by atoms with Crippen LogP contribution in [0.3, 0.4) is 0 Å². The highest BCUT2D eigenvalue weighted by Gasteiger charge is 2.32. The van der Waals surface area contributed by atoms with Crippen LogP contribution in [0.4, 0.5) is 5.13 Å². The number of rotatable bonds is 6. The predicted octanol–water partition coefficient (Wildman–Crippen LogP) is 5.78. The highest BCUT2D eigenvalue weighted by Crippen LogP contribution is 2.33. The maximum absolute atomic E-state index is 13.3. The molecule has 3 aromatic rings. The monoisotopic (exact) mass is 489 g/mol. The van der Waals surface area contributed by atoms with Crippen LogP contribution in [0, 0.1) is 5.92 Å². The Labute approximate surface area is 200 Å². The van der Waals surface area contributed by atoms with Gasteiger partial charge in [0, 0.05) is 36.5 Å². The average molecular weight is 490 g/mol. The number of benzene rings is 1. The summed E-state index contributed by atoms with van der Waals surface area (Å²) < 4.78 is 5.20. The number of furan rings is 1. The molecule has 0 aliphatic carbocycles. The molecule has 0 radical (unpaired) electrons. The van der Waals surface area contributed by atoms with Gasteiger partial charge in [0.15, 0.2) is 10.9 Å². The molecule has 0 N–H and O–H groups in total. The lowest BCUT2D eigenvalue weighted by Gasteiger charge is -2.33. The van der Waals surface area contributed by atoms with Crippen molar-refractivity contribution in [3.8, 4) is 11.3 Å². The fraction of sp³-hybridized carbons (Fsp3) is 0.261. The van der Waals surface area contributed by atoms with E-state index in [9.17, 15) is 9.59 Å². The Morgan fingerprint density at radius 1 is 1.25 bits per heavy atom. The number of piperidine rings is 1. The van der Waals surface area contributed by atoms with Crippen molar-refractivity contribution in [3.05, 3.63) is 70.4 Å². The predicted molar refractivity (Wildman–Crippen MR) is 127 cm³/mol. The number of carbonyl (C=O) groups is 2. The van der Waals surface area contributed by atoms with Crippen LogP contribution in [-0.2, 0) is 4.79 Å². The third-order valence-corrected chi connectivity index (χ3v) is 6.98. The van der Waals surface area contributed by atoms with E-state index in [1.807, 2.05) is 11.4 Å². The molecule has 166 valence electrons. The van der Waals surface area contributed by atoms with Crippen molar-refractivity contribution in [2.24, 2.45) is 5.92 Å². The van der Waals surface area contributed by atoms with Gasteiger partial charge in [-0.05, 0) is 37.1 Å². The fourth-order valence-electron chi connectivity index (χ4n) is 3.67. The third-order valence-electron chi connectivity index (χ3n) is 5.38. The number of amides is 2. The lowest BCUT2D eigenvalue weighted by molar-refractivity contribution is -0.123. The van der Waals surface area contributed by atoms with Crippen LogP contribution in [0.5, 0.6) is 0 Å². The molecule has 4 rings (SSSR count). The number of nitrogens with zero attached hydrogens (tertiary/aromatic N) is 3. The Morgan fingerprint density at radius 2 is 2.03 bits per heavy atom. The molecule has 0 saturated carbocycles. The highest BCUT2D eigenvalue weighted by molar-refractivity contribution is 7.14. The van der Waals surface area contributed by atoms with Crippen LogP contribution in [0.25, 0.3) is 11.3 Å². The molecule has 6 nitrogen and oxygen atoms in total. The summed E-state index contributed by atoms with van der Waals surface area (Å²) in [7, 11) is 0. The van der Waals surface area contributed by atoms with E-state index in [1.165, 1.54) is 17.6 Å². The first-order chi connectivity index (χ1) is 15.5. The molecule has 0 bridgehead atoms. The number of aromatic nitrogens is 1. The van der Waals surface area contributed by atoms with Crippen LogP contribution in [0.15, 0.2) is 59.0 Å². The molecular formula is C23H21Cl2N3O3S. The first-order valence-electron chi connectivity index (χ1n) is 10.1. The minimum Gasteiger partial charge on any atom is -0.459 e. The number of thiazole rings is 1. The molecule has 2 amide bonds. The van der Waals surface area contributed by atoms with Crippen LogP contribution in [0.1, 0.15) is 23.4 Å². The van der Waals surface area contributed by atoms with Crippen LogP contribution in [0.2, 0.25) is 10.0 Å². The Balaban J connectivity index is 1.45. The summed E-state index contributed by atoms with van der Waals surface area (Å²) in [5.41, 5.74) is 1.56. The zero-order chi connectivity index (χ0) is 22.7. The lowest BCUT2D eigenvalue weighted by Crippen LogP contribution is -2.44. The fourth-order valence-corrected chi connectivity index (χ4v) is 4.82. The van der Waals surface area contributed by atoms with Gasteiger partial charge in [-0.15, -0.1) is 17.9 Å². The van der Waals surface area contributed by atoms with Crippen molar-refractivity contribution in [1.82, 2.24) is 9.88 Å². The Bertz CT molecular complexity index is 1120. The first-order valence-corrected chi connectivity index (χ1v) is 11.8. The first kappa shape index (κ1) is 22.6. The van der Waals surface area contributed by atoms with Gasteiger partial charge in [0.2, 0.25) is 5.91 Å². The second-order valence-electron chi connectivity index (χ2n) is 7.43. The van der Waals surface area contributed by atoms with Gasteiger partial charge in [-0.1, -0.05) is 35.3 Å². The average Bonchev–Trinajstić information content (AvgIpc) is 3.51. The summed E-state index contributed by atoms with van der Waals surface area (Å²) in [5, 5.41) is 3.42. The molecule has 1 fully saturated rings. The number of anilines is 1. The van der Waals surface area contributed by atoms with Crippen molar-refractivity contribution in [1.29, 1.82) is 0 Å². The highest BCUT2D eigenvalue weighted by atomic mass is 35.5. The van der Waals surface area contributed by atoms with Crippen LogP contribution < -0.4 is 4.90 Å². The van der Waals surface area contributed by atoms with Crippen molar-refractivity contribution in [2.75, 3.05) is 24.5 Å². The molecule has 1 aliphatic heterocycles. The molecule has 1 aromatic carbocycles. The Hall–Kier alpha value is -2.61. The van der Waals surface area contributed by atoms with E-state index in [4.69, 9.17) is 27.6 Å². The minimum atomic E-state index is -0.187. The number of likely N-dealkylation sites (tertiary alicyclic amines) is 1. The molecule has 9 heteroatoms. The summed E-state index contributed by atoms with van der Waals surface area (Å²) in [6, 6.07) is 8.67. The van der Waals surface area contributed by atoms with Gasteiger partial charge in [-0.25, -0.2) is 4.98 Å². The normalized spacial score (nSPS) is 14.4. The summed E-state index contributed by atoms with van der Waals surface area (Å²) in [4.78, 5) is 33.8. The third kappa shape index (κ3) is 4.75. The molecule has 2 aromatic heterocycles. The van der Waals surface area contributed by atoms with Gasteiger partial charge in [0.25, 0.3) is 5.91 Å². The lowest BCUT2D eigenvalue weighted by atomic mass is 9.95. The van der Waals surface area contributed by atoms with E-state index < -0.39 is 0 Å². The maximum atomic E-state index is 13.3. The van der Waals surface area contributed by atoms with Crippen molar-refractivity contribution in [2.45, 2.75) is 12.8 Å². The van der Waals surface area contributed by atoms with E-state index in [-0.39, 0.29) is 17.7 Å². The van der Waals surface area contributed by atoms with Crippen molar-refractivity contribution in [3.63, 3.8) is 0 Å². The number of hydrogen-bond donors (Lipinski definition) is 0. The van der Waals surface area contributed by atoms with Gasteiger partial charge >= 0.3 is 0 Å². The topological polar surface area (TPSA) is 66.7 Å². The second kappa shape index (κ2) is 9.90. The molecule has 32 heavy (non-hydrogen) atoms. The van der Waals surface area contributed by atoms with Crippen molar-refractivity contribution >= 4 is 51.5 Å². The summed E-state index contributed by atoms with van der Waals surface area (Å²) in [6.45, 7) is 5.16. The molecule has 0 atom stereocenters. The largest absolute Gasteiger partial charge is 0.459 e. The minimum absolute atomic E-state index is 0.00923. The molecule has 3 heterocycles. The van der Waals surface area contributed by atoms with E-state index in [1.54, 1.807) is 40.1 Å². The summed E-state index contributed by atoms with van der Waals surface area (Å²) in [5.74, 6) is -0.0197. The Kier molecular flexibility index (Phi) is 6.98. The van der Waals surface area contributed by atoms with E-state index in [2.05, 4.69) is 11.6 Å². The van der Waals surface area contributed by atoms with Gasteiger partial charge in [0.1, 0.15) is 0 Å². The summed E-state index contributed by atoms with van der Waals surface area (Å²) in [6.07, 6.45) is 4.35. The van der Waals surface area contributed by atoms with Gasteiger partial charge in [-0.2, -0.15) is 0 Å². The van der Waals surface area contributed by atoms with Gasteiger partial charge in [-0.3, -0.25) is 14.5 Å². The number of carbonyl (C=O) groups excluding carboxylic acids is 2. The molecular weight excluding hydrogens is 469 g/mol. The Morgan fingerprint density at radius 3 is 2.69 bits per heavy atom. The maximum Gasteiger partial charge on any atom is 0.289 e. The van der Waals surface area contributed by atoms with Gasteiger partial charge < -0.3 is 9.32 Å². The van der Waals surface area contributed by atoms with E-state index in [0.29, 0.717) is 53.4 Å². The van der Waals surface area contributed by atoms with Crippen LogP contribution in [-0.4, -0.2) is 41.3 Å². The smallest absolute Gasteiger partial charge is 0.289 e. The van der Waals surface area contributed by atoms with Crippen molar-refractivity contribution < 1.29 is 14.0 Å². The molecule has 0 spiro atoms. The zero-order valence-electron chi connectivity index (χ0n) is 17.2. The number of halogens is 2. The quantitative estimate of drug-likeness (QED) is 0.411. The van der Waals surface area contributed by atoms with Crippen LogP contribution >= 0.6 is 34.5 Å². The SMILES string of the molecule is C=CCN(C(=O)C1CCN(C(=O)c2ccco2)CC1)c1nc(-c2ccc(Cl)c(Cl)c2)cs1. The second-order valence-corrected chi connectivity index (χ2v) is 9.08. The molecule has 0 unspecified atom stereocenters. The van der Waals surface area contributed by atoms with E-state index >= 15 is 0 Å². The zero-order valence-corrected chi connectivity index (χ0v) is 19.5. The molecule has 1 aliphatic rings. The summed E-state index contributed by atoms with van der Waals surface area (Å²) >= 11 is 13.5. The van der Waals surface area contributed by atoms with Gasteiger partial charge in [0.05, 0.1) is 22.0 Å². The molecule has 1 saturated heterocycles.